The van der Waals surface area contributed by atoms with E-state index >= 15 is 0 Å². The van der Waals surface area contributed by atoms with E-state index in [2.05, 4.69) is 22.0 Å². The highest BCUT2D eigenvalue weighted by Gasteiger charge is 2.23. The van der Waals surface area contributed by atoms with Gasteiger partial charge in [-0.25, -0.2) is 4.98 Å². The fourth-order valence-electron chi connectivity index (χ4n) is 4.28. The Balaban J connectivity index is 1.32. The van der Waals surface area contributed by atoms with E-state index in [4.69, 9.17) is 31.7 Å². The minimum absolute atomic E-state index is 0.317. The Morgan fingerprint density at radius 2 is 1.71 bits per heavy atom. The lowest BCUT2D eigenvalue weighted by atomic mass is 9.91. The van der Waals surface area contributed by atoms with Gasteiger partial charge in [0.25, 0.3) is 0 Å². The summed E-state index contributed by atoms with van der Waals surface area (Å²) in [6.07, 6.45) is 4.04. The molecule has 0 bridgehead atoms. The van der Waals surface area contributed by atoms with E-state index < -0.39 is 0 Å². The number of thiocarbonyl (C=S) groups is 1. The van der Waals surface area contributed by atoms with Gasteiger partial charge in [-0.1, -0.05) is 12.1 Å². The van der Waals surface area contributed by atoms with Gasteiger partial charge in [0.15, 0.2) is 5.11 Å². The number of fused-ring (bicyclic) bond motifs is 1. The van der Waals surface area contributed by atoms with Gasteiger partial charge in [0.1, 0.15) is 17.3 Å². The average Bonchev–Trinajstić information content (AvgIpc) is 2.85. The monoisotopic (exact) mass is 480 g/mol. The first kappa shape index (κ1) is 23.8. The smallest absolute Gasteiger partial charge is 0.225 e. The van der Waals surface area contributed by atoms with Crippen molar-refractivity contribution in [3.8, 4) is 11.5 Å². The molecule has 180 valence electrons. The molecule has 34 heavy (non-hydrogen) atoms. The van der Waals surface area contributed by atoms with Crippen molar-refractivity contribution < 1.29 is 9.47 Å². The third kappa shape index (κ3) is 5.59. The molecule has 8 nitrogen and oxygen atoms in total. The highest BCUT2D eigenvalue weighted by atomic mass is 32.1. The standard InChI is InChI=1S/C25H32N6O2S/c1-31(2)23-19-7-5-6-8-20(19)28-24(30-23)26-16-9-11-17(12-10-16)27-25(34)29-21-14-13-18(32-3)15-22(21)33-4/h5-8,13-17H,9-12H2,1-4H3,(H,26,28,30)(H2,27,29,34)/t16-,17+. The van der Waals surface area contributed by atoms with Crippen molar-refractivity contribution in [1.82, 2.24) is 15.3 Å². The second-order valence-electron chi connectivity index (χ2n) is 8.64. The molecule has 1 fully saturated rings. The number of ether oxygens (including phenoxy) is 2. The van der Waals surface area contributed by atoms with Crippen LogP contribution in [0.1, 0.15) is 25.7 Å². The number of nitrogens with zero attached hydrogens (tertiary/aromatic N) is 3. The molecule has 2 aromatic carbocycles. The molecular weight excluding hydrogens is 448 g/mol. The van der Waals surface area contributed by atoms with Gasteiger partial charge in [0.05, 0.1) is 25.4 Å². The van der Waals surface area contributed by atoms with Crippen LogP contribution in [0.25, 0.3) is 10.9 Å². The average molecular weight is 481 g/mol. The lowest BCUT2D eigenvalue weighted by Gasteiger charge is -2.30. The summed E-state index contributed by atoms with van der Waals surface area (Å²) in [4.78, 5) is 11.5. The van der Waals surface area contributed by atoms with Gasteiger partial charge in [0.2, 0.25) is 5.95 Å². The molecule has 1 saturated carbocycles. The summed E-state index contributed by atoms with van der Waals surface area (Å²) < 4.78 is 10.7. The normalized spacial score (nSPS) is 17.6. The number of para-hydroxylation sites is 1. The van der Waals surface area contributed by atoms with Crippen molar-refractivity contribution in [2.45, 2.75) is 37.8 Å². The third-order valence-corrected chi connectivity index (χ3v) is 6.28. The van der Waals surface area contributed by atoms with Crippen molar-refractivity contribution in [3.05, 3.63) is 42.5 Å². The van der Waals surface area contributed by atoms with Crippen molar-refractivity contribution in [1.29, 1.82) is 0 Å². The molecule has 3 aromatic rings. The summed E-state index contributed by atoms with van der Waals surface area (Å²) in [6.45, 7) is 0. The zero-order valence-electron chi connectivity index (χ0n) is 20.1. The SMILES string of the molecule is COc1ccc(NC(=S)N[C@H]2CC[C@@H](Nc3nc(N(C)C)c4ccccc4n3)CC2)c(OC)c1. The molecule has 0 saturated heterocycles. The molecule has 9 heteroatoms. The maximum atomic E-state index is 5.55. The van der Waals surface area contributed by atoms with Crippen molar-refractivity contribution in [3.63, 3.8) is 0 Å². The zero-order chi connectivity index (χ0) is 24.1. The third-order valence-electron chi connectivity index (χ3n) is 6.06. The molecular formula is C25H32N6O2S. The Morgan fingerprint density at radius 3 is 2.41 bits per heavy atom. The van der Waals surface area contributed by atoms with E-state index in [0.717, 1.165) is 53.8 Å². The summed E-state index contributed by atoms with van der Waals surface area (Å²) in [5.74, 6) is 3.03. The van der Waals surface area contributed by atoms with Crippen molar-refractivity contribution in [2.24, 2.45) is 0 Å². The molecule has 1 aromatic heterocycles. The molecule has 0 amide bonds. The van der Waals surface area contributed by atoms with Crippen LogP contribution in [0.15, 0.2) is 42.5 Å². The van der Waals surface area contributed by atoms with Crippen LogP contribution in [-0.4, -0.2) is 55.5 Å². The Kier molecular flexibility index (Phi) is 7.52. The minimum atomic E-state index is 0.317. The second-order valence-corrected chi connectivity index (χ2v) is 9.05. The van der Waals surface area contributed by atoms with Crippen LogP contribution >= 0.6 is 12.2 Å². The zero-order valence-corrected chi connectivity index (χ0v) is 20.9. The van der Waals surface area contributed by atoms with Crippen molar-refractivity contribution in [2.75, 3.05) is 43.8 Å². The van der Waals surface area contributed by atoms with Crippen LogP contribution < -0.4 is 30.3 Å². The number of anilines is 3. The minimum Gasteiger partial charge on any atom is -0.497 e. The second kappa shape index (κ2) is 10.7. The molecule has 3 N–H and O–H groups in total. The van der Waals surface area contributed by atoms with Crippen LogP contribution in [0.3, 0.4) is 0 Å². The van der Waals surface area contributed by atoms with Gasteiger partial charge in [-0.3, -0.25) is 0 Å². The van der Waals surface area contributed by atoms with Crippen LogP contribution in [-0.2, 0) is 0 Å². The lowest BCUT2D eigenvalue weighted by Crippen LogP contribution is -2.42. The first-order valence-electron chi connectivity index (χ1n) is 11.5. The van der Waals surface area contributed by atoms with E-state index in [0.29, 0.717) is 28.9 Å². The quantitative estimate of drug-likeness (QED) is 0.426. The molecule has 0 unspecified atom stereocenters. The number of nitrogens with one attached hydrogen (secondary N) is 3. The first-order valence-corrected chi connectivity index (χ1v) is 11.9. The summed E-state index contributed by atoms with van der Waals surface area (Å²) in [6, 6.07) is 14.4. The fourth-order valence-corrected chi connectivity index (χ4v) is 4.55. The summed E-state index contributed by atoms with van der Waals surface area (Å²) >= 11 is 5.55. The van der Waals surface area contributed by atoms with Gasteiger partial charge in [-0.15, -0.1) is 0 Å². The topological polar surface area (TPSA) is 83.6 Å². The molecule has 1 heterocycles. The maximum absolute atomic E-state index is 5.55. The van der Waals surface area contributed by atoms with Gasteiger partial charge >= 0.3 is 0 Å². The summed E-state index contributed by atoms with van der Waals surface area (Å²) in [7, 11) is 7.28. The predicted molar refractivity (Wildman–Crippen MR) is 142 cm³/mol. The number of hydrogen-bond donors (Lipinski definition) is 3. The molecule has 0 spiro atoms. The number of hydrogen-bond acceptors (Lipinski definition) is 7. The molecule has 0 aliphatic heterocycles. The van der Waals surface area contributed by atoms with E-state index in [9.17, 15) is 0 Å². The van der Waals surface area contributed by atoms with Gasteiger partial charge in [-0.05, 0) is 62.2 Å². The van der Waals surface area contributed by atoms with Crippen LogP contribution in [0, 0.1) is 0 Å². The maximum Gasteiger partial charge on any atom is 0.225 e. The summed E-state index contributed by atoms with van der Waals surface area (Å²) in [5.41, 5.74) is 1.76. The molecule has 1 aliphatic carbocycles. The van der Waals surface area contributed by atoms with E-state index in [1.54, 1.807) is 14.2 Å². The first-order chi connectivity index (χ1) is 16.5. The summed E-state index contributed by atoms with van der Waals surface area (Å²) in [5, 5.41) is 11.9. The highest BCUT2D eigenvalue weighted by molar-refractivity contribution is 7.80. The number of rotatable bonds is 7. The number of benzene rings is 2. The Labute approximate surface area is 206 Å². The molecule has 1 aliphatic rings. The van der Waals surface area contributed by atoms with E-state index in [1.807, 2.05) is 55.4 Å². The van der Waals surface area contributed by atoms with Crippen LogP contribution in [0.5, 0.6) is 11.5 Å². The van der Waals surface area contributed by atoms with Gasteiger partial charge in [0, 0.05) is 37.6 Å². The molecule has 4 rings (SSSR count). The predicted octanol–water partition coefficient (Wildman–Crippen LogP) is 4.42. The lowest BCUT2D eigenvalue weighted by molar-refractivity contribution is 0.387. The fraction of sp³-hybridized carbons (Fsp3) is 0.400. The van der Waals surface area contributed by atoms with Crippen molar-refractivity contribution >= 4 is 45.7 Å². The molecule has 0 radical (unpaired) electrons. The van der Waals surface area contributed by atoms with Crippen LogP contribution in [0.4, 0.5) is 17.5 Å². The number of aromatic nitrogens is 2. The Morgan fingerprint density at radius 1 is 0.971 bits per heavy atom. The highest BCUT2D eigenvalue weighted by Crippen LogP contribution is 2.29. The van der Waals surface area contributed by atoms with Gasteiger partial charge in [-0.2, -0.15) is 4.98 Å². The largest absolute Gasteiger partial charge is 0.497 e. The Hall–Kier alpha value is -3.33. The van der Waals surface area contributed by atoms with Crippen LogP contribution in [0.2, 0.25) is 0 Å². The molecule has 0 atom stereocenters. The van der Waals surface area contributed by atoms with E-state index in [1.165, 1.54) is 0 Å². The number of methoxy groups -OCH3 is 2. The Bertz CT molecular complexity index is 1150. The van der Waals surface area contributed by atoms with Gasteiger partial charge < -0.3 is 30.3 Å². The van der Waals surface area contributed by atoms with E-state index in [-0.39, 0.29) is 0 Å².